The Morgan fingerprint density at radius 2 is 1.95 bits per heavy atom. The highest BCUT2D eigenvalue weighted by molar-refractivity contribution is 5.19. The predicted octanol–water partition coefficient (Wildman–Crippen LogP) is 2.86. The van der Waals surface area contributed by atoms with Crippen LogP contribution in [-0.4, -0.2) is 30.0 Å². The molecular weight excluding hydrogens is 246 g/mol. The number of pyridine rings is 1. The SMILES string of the molecule is CCNC(CN(C)Cc1cccnc1)c1ccccc1. The molecule has 20 heavy (non-hydrogen) atoms. The first-order chi connectivity index (χ1) is 9.79. The van der Waals surface area contributed by atoms with Crippen LogP contribution in [0, 0.1) is 0 Å². The van der Waals surface area contributed by atoms with Crippen LogP contribution >= 0.6 is 0 Å². The number of likely N-dealkylation sites (N-methyl/N-ethyl adjacent to an activating group) is 2. The Hall–Kier alpha value is -1.71. The molecule has 0 saturated carbocycles. The second-order valence-electron chi connectivity index (χ2n) is 5.08. The van der Waals surface area contributed by atoms with E-state index in [4.69, 9.17) is 0 Å². The molecule has 3 heteroatoms. The molecule has 2 aromatic rings. The van der Waals surface area contributed by atoms with Crippen molar-refractivity contribution in [2.24, 2.45) is 0 Å². The molecule has 3 nitrogen and oxygen atoms in total. The number of benzene rings is 1. The molecule has 1 aromatic carbocycles. The highest BCUT2D eigenvalue weighted by Crippen LogP contribution is 2.14. The molecule has 0 amide bonds. The second kappa shape index (κ2) is 7.78. The van der Waals surface area contributed by atoms with E-state index in [1.807, 2.05) is 18.5 Å². The largest absolute Gasteiger partial charge is 0.309 e. The average Bonchev–Trinajstić information content (AvgIpc) is 2.49. The van der Waals surface area contributed by atoms with Crippen LogP contribution in [0.2, 0.25) is 0 Å². The molecule has 106 valence electrons. The Labute approximate surface area is 121 Å². The molecule has 2 rings (SSSR count). The van der Waals surface area contributed by atoms with Gasteiger partial charge < -0.3 is 10.2 Å². The van der Waals surface area contributed by atoms with E-state index in [1.165, 1.54) is 11.1 Å². The summed E-state index contributed by atoms with van der Waals surface area (Å²) in [6.07, 6.45) is 3.75. The van der Waals surface area contributed by atoms with Crippen molar-refractivity contribution < 1.29 is 0 Å². The summed E-state index contributed by atoms with van der Waals surface area (Å²) in [6.45, 7) is 5.02. The zero-order valence-corrected chi connectivity index (χ0v) is 12.3. The first-order valence-corrected chi connectivity index (χ1v) is 7.15. The van der Waals surface area contributed by atoms with Crippen LogP contribution in [0.1, 0.15) is 24.1 Å². The van der Waals surface area contributed by atoms with E-state index in [2.05, 4.69) is 65.6 Å². The molecule has 0 fully saturated rings. The van der Waals surface area contributed by atoms with Crippen molar-refractivity contribution in [2.75, 3.05) is 20.1 Å². The first kappa shape index (κ1) is 14.7. The third kappa shape index (κ3) is 4.44. The highest BCUT2D eigenvalue weighted by atomic mass is 15.1. The summed E-state index contributed by atoms with van der Waals surface area (Å²) in [4.78, 5) is 6.50. The molecule has 1 N–H and O–H groups in total. The minimum absolute atomic E-state index is 0.364. The second-order valence-corrected chi connectivity index (χ2v) is 5.08. The van der Waals surface area contributed by atoms with E-state index >= 15 is 0 Å². The molecule has 0 aliphatic rings. The van der Waals surface area contributed by atoms with E-state index in [0.717, 1.165) is 19.6 Å². The van der Waals surface area contributed by atoms with Crippen molar-refractivity contribution >= 4 is 0 Å². The fraction of sp³-hybridized carbons (Fsp3) is 0.353. The molecule has 1 heterocycles. The summed E-state index contributed by atoms with van der Waals surface area (Å²) in [7, 11) is 2.15. The molecule has 1 unspecified atom stereocenters. The first-order valence-electron chi connectivity index (χ1n) is 7.15. The van der Waals surface area contributed by atoms with Gasteiger partial charge in [-0.05, 0) is 30.8 Å². The lowest BCUT2D eigenvalue weighted by Crippen LogP contribution is -2.32. The molecular formula is C17H23N3. The van der Waals surface area contributed by atoms with Crippen molar-refractivity contribution in [1.29, 1.82) is 0 Å². The maximum Gasteiger partial charge on any atom is 0.0449 e. The van der Waals surface area contributed by atoms with Crippen LogP contribution < -0.4 is 5.32 Å². The Balaban J connectivity index is 1.97. The third-order valence-electron chi connectivity index (χ3n) is 3.32. The zero-order chi connectivity index (χ0) is 14.2. The molecule has 0 aliphatic heterocycles. The van der Waals surface area contributed by atoms with Gasteiger partial charge in [-0.2, -0.15) is 0 Å². The molecule has 1 aromatic heterocycles. The van der Waals surface area contributed by atoms with Crippen LogP contribution in [0.25, 0.3) is 0 Å². The number of hydrogen-bond acceptors (Lipinski definition) is 3. The summed E-state index contributed by atoms with van der Waals surface area (Å²) in [5, 5.41) is 3.56. The fourth-order valence-corrected chi connectivity index (χ4v) is 2.40. The highest BCUT2D eigenvalue weighted by Gasteiger charge is 2.12. The maximum atomic E-state index is 4.17. The van der Waals surface area contributed by atoms with Gasteiger partial charge in [0.1, 0.15) is 0 Å². The van der Waals surface area contributed by atoms with Gasteiger partial charge >= 0.3 is 0 Å². The Morgan fingerprint density at radius 1 is 1.15 bits per heavy atom. The van der Waals surface area contributed by atoms with Gasteiger partial charge in [0.25, 0.3) is 0 Å². The Morgan fingerprint density at radius 3 is 2.60 bits per heavy atom. The van der Waals surface area contributed by atoms with Crippen LogP contribution in [0.4, 0.5) is 0 Å². The van der Waals surface area contributed by atoms with Crippen LogP contribution in [-0.2, 0) is 6.54 Å². The van der Waals surface area contributed by atoms with Gasteiger partial charge in [0, 0.05) is 31.5 Å². The summed E-state index contributed by atoms with van der Waals surface area (Å²) in [6, 6.07) is 15.1. The van der Waals surface area contributed by atoms with Gasteiger partial charge in [-0.3, -0.25) is 4.98 Å². The van der Waals surface area contributed by atoms with Crippen molar-refractivity contribution in [3.05, 3.63) is 66.0 Å². The van der Waals surface area contributed by atoms with Gasteiger partial charge in [-0.1, -0.05) is 43.3 Å². The topological polar surface area (TPSA) is 28.2 Å². The van der Waals surface area contributed by atoms with Crippen LogP contribution in [0.3, 0.4) is 0 Å². The van der Waals surface area contributed by atoms with Gasteiger partial charge in [-0.25, -0.2) is 0 Å². The number of hydrogen-bond donors (Lipinski definition) is 1. The van der Waals surface area contributed by atoms with Crippen molar-refractivity contribution in [3.63, 3.8) is 0 Å². The molecule has 0 spiro atoms. The summed E-state index contributed by atoms with van der Waals surface area (Å²) >= 11 is 0. The van der Waals surface area contributed by atoms with Crippen molar-refractivity contribution in [3.8, 4) is 0 Å². The van der Waals surface area contributed by atoms with E-state index in [-0.39, 0.29) is 0 Å². The number of aromatic nitrogens is 1. The molecule has 1 atom stereocenters. The summed E-state index contributed by atoms with van der Waals surface area (Å²) in [5.74, 6) is 0. The fourth-order valence-electron chi connectivity index (χ4n) is 2.40. The quantitative estimate of drug-likeness (QED) is 0.837. The molecule has 0 bridgehead atoms. The van der Waals surface area contributed by atoms with E-state index in [0.29, 0.717) is 6.04 Å². The van der Waals surface area contributed by atoms with E-state index in [9.17, 15) is 0 Å². The number of nitrogens with one attached hydrogen (secondary N) is 1. The molecule has 0 radical (unpaired) electrons. The van der Waals surface area contributed by atoms with Gasteiger partial charge in [0.15, 0.2) is 0 Å². The lowest BCUT2D eigenvalue weighted by molar-refractivity contribution is 0.285. The molecule has 0 aliphatic carbocycles. The minimum atomic E-state index is 0.364. The number of nitrogens with zero attached hydrogens (tertiary/aromatic N) is 2. The maximum absolute atomic E-state index is 4.17. The minimum Gasteiger partial charge on any atom is -0.309 e. The number of rotatable bonds is 7. The monoisotopic (exact) mass is 269 g/mol. The van der Waals surface area contributed by atoms with Gasteiger partial charge in [-0.15, -0.1) is 0 Å². The van der Waals surface area contributed by atoms with Crippen LogP contribution in [0.5, 0.6) is 0 Å². The summed E-state index contributed by atoms with van der Waals surface area (Å²) < 4.78 is 0. The smallest absolute Gasteiger partial charge is 0.0449 e. The standard InChI is InChI=1S/C17H23N3/c1-3-19-17(16-9-5-4-6-10-16)14-20(2)13-15-8-7-11-18-12-15/h4-12,17,19H,3,13-14H2,1-2H3. The molecule has 0 saturated heterocycles. The predicted molar refractivity (Wildman–Crippen MR) is 83.4 cm³/mol. The van der Waals surface area contributed by atoms with E-state index < -0.39 is 0 Å². The summed E-state index contributed by atoms with van der Waals surface area (Å²) in [5.41, 5.74) is 2.59. The van der Waals surface area contributed by atoms with Gasteiger partial charge in [0.05, 0.1) is 0 Å². The van der Waals surface area contributed by atoms with Crippen molar-refractivity contribution in [1.82, 2.24) is 15.2 Å². The Bertz CT molecular complexity index is 484. The average molecular weight is 269 g/mol. The lowest BCUT2D eigenvalue weighted by Gasteiger charge is -2.25. The van der Waals surface area contributed by atoms with Crippen molar-refractivity contribution in [2.45, 2.75) is 19.5 Å². The third-order valence-corrected chi connectivity index (χ3v) is 3.32. The normalized spacial score (nSPS) is 12.6. The van der Waals surface area contributed by atoms with E-state index in [1.54, 1.807) is 0 Å². The lowest BCUT2D eigenvalue weighted by atomic mass is 10.1. The Kier molecular flexibility index (Phi) is 5.71. The zero-order valence-electron chi connectivity index (χ0n) is 12.3. The van der Waals surface area contributed by atoms with Crippen LogP contribution in [0.15, 0.2) is 54.9 Å². The van der Waals surface area contributed by atoms with Gasteiger partial charge in [0.2, 0.25) is 0 Å².